The Bertz CT molecular complexity index is 917. The van der Waals surface area contributed by atoms with Crippen LogP contribution in [0.3, 0.4) is 0 Å². The monoisotopic (exact) mass is 357 g/mol. The number of nitrogens with one attached hydrogen (secondary N) is 1. The van der Waals surface area contributed by atoms with E-state index in [0.29, 0.717) is 11.5 Å². The van der Waals surface area contributed by atoms with Gasteiger partial charge in [0.05, 0.1) is 11.3 Å². The maximum atomic E-state index is 12.2. The van der Waals surface area contributed by atoms with Gasteiger partial charge in [-0.2, -0.15) is 0 Å². The Labute approximate surface area is 149 Å². The number of carbonyl (C=O) groups is 1. The molecule has 7 nitrogen and oxygen atoms in total. The van der Waals surface area contributed by atoms with Gasteiger partial charge in [-0.25, -0.2) is 14.6 Å². The summed E-state index contributed by atoms with van der Waals surface area (Å²) in [5.41, 5.74) is 1.24. The van der Waals surface area contributed by atoms with Crippen molar-refractivity contribution in [3.8, 4) is 0 Å². The SMILES string of the molecule is Cc1nonc1NC(=O)CSc1nc(C(C)(C)C)nc2ccccc12. The van der Waals surface area contributed by atoms with Crippen molar-refractivity contribution in [3.63, 3.8) is 0 Å². The van der Waals surface area contributed by atoms with Gasteiger partial charge in [0.25, 0.3) is 0 Å². The minimum Gasteiger partial charge on any atom is -0.306 e. The zero-order valence-electron chi connectivity index (χ0n) is 14.5. The van der Waals surface area contributed by atoms with Crippen LogP contribution in [0.25, 0.3) is 10.9 Å². The first kappa shape index (κ1) is 17.3. The van der Waals surface area contributed by atoms with E-state index >= 15 is 0 Å². The highest BCUT2D eigenvalue weighted by atomic mass is 32.2. The lowest BCUT2D eigenvalue weighted by Crippen LogP contribution is -2.18. The fraction of sp³-hybridized carbons (Fsp3) is 0.353. The number of aromatic nitrogens is 4. The number of aryl methyl sites for hydroxylation is 1. The Morgan fingerprint density at radius 1 is 1.20 bits per heavy atom. The Kier molecular flexibility index (Phi) is 4.71. The first-order chi connectivity index (χ1) is 11.8. The second-order valence-corrected chi connectivity index (χ2v) is 7.62. The Hall–Kier alpha value is -2.48. The lowest BCUT2D eigenvalue weighted by Gasteiger charge is -2.18. The van der Waals surface area contributed by atoms with Gasteiger partial charge >= 0.3 is 0 Å². The molecule has 1 aromatic carbocycles. The lowest BCUT2D eigenvalue weighted by atomic mass is 9.95. The van der Waals surface area contributed by atoms with E-state index in [1.165, 1.54) is 11.8 Å². The number of hydrogen-bond donors (Lipinski definition) is 1. The van der Waals surface area contributed by atoms with Crippen molar-refractivity contribution < 1.29 is 9.42 Å². The molecule has 0 aliphatic rings. The molecule has 130 valence electrons. The number of amides is 1. The summed E-state index contributed by atoms with van der Waals surface area (Å²) in [4.78, 5) is 21.5. The Balaban J connectivity index is 1.82. The normalized spacial score (nSPS) is 11.7. The molecule has 1 N–H and O–H groups in total. The van der Waals surface area contributed by atoms with Gasteiger partial charge in [-0.3, -0.25) is 4.79 Å². The van der Waals surface area contributed by atoms with E-state index in [1.54, 1.807) is 6.92 Å². The molecule has 0 fully saturated rings. The van der Waals surface area contributed by atoms with Gasteiger partial charge in [-0.05, 0) is 18.1 Å². The number of thioether (sulfide) groups is 1. The summed E-state index contributed by atoms with van der Waals surface area (Å²) in [7, 11) is 0. The standard InChI is InChI=1S/C17H19N5O2S/c1-10-14(22-24-21-10)19-13(23)9-25-15-11-7-5-6-8-12(11)18-16(20-15)17(2,3)4/h5-8H,9H2,1-4H3,(H,19,22,23). The van der Waals surface area contributed by atoms with Crippen LogP contribution in [-0.2, 0) is 10.2 Å². The van der Waals surface area contributed by atoms with E-state index in [2.05, 4.69) is 51.0 Å². The number of para-hydroxylation sites is 1. The number of anilines is 1. The van der Waals surface area contributed by atoms with Crippen LogP contribution < -0.4 is 5.32 Å². The molecule has 25 heavy (non-hydrogen) atoms. The second kappa shape index (κ2) is 6.79. The van der Waals surface area contributed by atoms with E-state index in [4.69, 9.17) is 0 Å². The van der Waals surface area contributed by atoms with Gasteiger partial charge in [0, 0.05) is 10.8 Å². The molecular weight excluding hydrogens is 338 g/mol. The number of benzene rings is 1. The zero-order valence-corrected chi connectivity index (χ0v) is 15.3. The molecule has 0 aliphatic carbocycles. The van der Waals surface area contributed by atoms with Crippen molar-refractivity contribution in [2.75, 3.05) is 11.1 Å². The molecule has 0 saturated heterocycles. The van der Waals surface area contributed by atoms with Gasteiger partial charge in [0.1, 0.15) is 16.5 Å². The van der Waals surface area contributed by atoms with Crippen molar-refractivity contribution in [1.29, 1.82) is 0 Å². The number of hydrogen-bond acceptors (Lipinski definition) is 7. The average Bonchev–Trinajstić information content (AvgIpc) is 2.96. The van der Waals surface area contributed by atoms with Crippen molar-refractivity contribution >= 4 is 34.4 Å². The fourth-order valence-corrected chi connectivity index (χ4v) is 2.96. The molecule has 0 spiro atoms. The first-order valence-corrected chi connectivity index (χ1v) is 8.82. The fourth-order valence-electron chi connectivity index (χ4n) is 2.14. The van der Waals surface area contributed by atoms with E-state index < -0.39 is 0 Å². The molecule has 0 radical (unpaired) electrons. The molecular formula is C17H19N5O2S. The molecule has 2 aromatic heterocycles. The molecule has 0 saturated carbocycles. The number of fused-ring (bicyclic) bond motifs is 1. The lowest BCUT2D eigenvalue weighted by molar-refractivity contribution is -0.113. The summed E-state index contributed by atoms with van der Waals surface area (Å²) in [5.74, 6) is 1.11. The highest BCUT2D eigenvalue weighted by Gasteiger charge is 2.20. The van der Waals surface area contributed by atoms with Crippen LogP contribution in [-0.4, -0.2) is 31.9 Å². The van der Waals surface area contributed by atoms with Crippen LogP contribution in [0.4, 0.5) is 5.82 Å². The first-order valence-electron chi connectivity index (χ1n) is 7.83. The molecule has 1 amide bonds. The highest BCUT2D eigenvalue weighted by molar-refractivity contribution is 8.00. The second-order valence-electron chi connectivity index (χ2n) is 6.65. The van der Waals surface area contributed by atoms with Crippen LogP contribution in [0.2, 0.25) is 0 Å². The number of carbonyl (C=O) groups excluding carboxylic acids is 1. The van der Waals surface area contributed by atoms with E-state index in [9.17, 15) is 4.79 Å². The van der Waals surface area contributed by atoms with Crippen LogP contribution >= 0.6 is 11.8 Å². The topological polar surface area (TPSA) is 93.8 Å². The predicted octanol–water partition coefficient (Wildman–Crippen LogP) is 3.35. The summed E-state index contributed by atoms with van der Waals surface area (Å²) < 4.78 is 4.58. The van der Waals surface area contributed by atoms with Crippen molar-refractivity contribution in [1.82, 2.24) is 20.3 Å². The molecule has 8 heteroatoms. The van der Waals surface area contributed by atoms with Crippen molar-refractivity contribution in [2.24, 2.45) is 0 Å². The quantitative estimate of drug-likeness (QED) is 0.565. The van der Waals surface area contributed by atoms with Crippen molar-refractivity contribution in [2.45, 2.75) is 38.1 Å². The Morgan fingerprint density at radius 3 is 2.64 bits per heavy atom. The van der Waals surface area contributed by atoms with Crippen LogP contribution in [0.5, 0.6) is 0 Å². The smallest absolute Gasteiger partial charge is 0.236 e. The molecule has 3 rings (SSSR count). The molecule has 0 unspecified atom stereocenters. The third-order valence-corrected chi connectivity index (χ3v) is 4.48. The summed E-state index contributed by atoms with van der Waals surface area (Å²) in [6.45, 7) is 7.92. The minimum absolute atomic E-state index is 0.176. The molecule has 2 heterocycles. The van der Waals surface area contributed by atoms with Gasteiger partial charge in [-0.1, -0.05) is 55.9 Å². The summed E-state index contributed by atoms with van der Waals surface area (Å²) >= 11 is 1.37. The third-order valence-electron chi connectivity index (χ3n) is 3.49. The predicted molar refractivity (Wildman–Crippen MR) is 96.6 cm³/mol. The van der Waals surface area contributed by atoms with Crippen LogP contribution in [0.1, 0.15) is 32.3 Å². The molecule has 0 aliphatic heterocycles. The molecule has 0 atom stereocenters. The van der Waals surface area contributed by atoms with Gasteiger partial charge in [-0.15, -0.1) is 0 Å². The summed E-state index contributed by atoms with van der Waals surface area (Å²) in [6, 6.07) is 7.81. The van der Waals surface area contributed by atoms with Crippen LogP contribution in [0, 0.1) is 6.92 Å². The molecule has 3 aromatic rings. The number of rotatable bonds is 4. The van der Waals surface area contributed by atoms with Gasteiger partial charge < -0.3 is 5.32 Å². The van der Waals surface area contributed by atoms with E-state index in [0.717, 1.165) is 21.8 Å². The van der Waals surface area contributed by atoms with Crippen molar-refractivity contribution in [3.05, 3.63) is 35.8 Å². The van der Waals surface area contributed by atoms with Crippen LogP contribution in [0.15, 0.2) is 33.9 Å². The Morgan fingerprint density at radius 2 is 1.96 bits per heavy atom. The maximum absolute atomic E-state index is 12.2. The molecule has 0 bridgehead atoms. The van der Waals surface area contributed by atoms with Gasteiger partial charge in [0.15, 0.2) is 5.82 Å². The maximum Gasteiger partial charge on any atom is 0.236 e. The average molecular weight is 357 g/mol. The van der Waals surface area contributed by atoms with E-state index in [-0.39, 0.29) is 17.1 Å². The summed E-state index contributed by atoms with van der Waals surface area (Å²) in [5, 5.41) is 11.7. The summed E-state index contributed by atoms with van der Waals surface area (Å²) in [6.07, 6.45) is 0. The third kappa shape index (κ3) is 3.96. The van der Waals surface area contributed by atoms with Gasteiger partial charge in [0.2, 0.25) is 5.91 Å². The van der Waals surface area contributed by atoms with E-state index in [1.807, 2.05) is 24.3 Å². The largest absolute Gasteiger partial charge is 0.306 e. The zero-order chi connectivity index (χ0) is 18.0. The number of nitrogens with zero attached hydrogens (tertiary/aromatic N) is 4. The highest BCUT2D eigenvalue weighted by Crippen LogP contribution is 2.29. The minimum atomic E-state index is -0.191.